The molecule has 0 aliphatic heterocycles. The summed E-state index contributed by atoms with van der Waals surface area (Å²) in [5.74, 6) is -0.262. The number of fused-ring (bicyclic) bond motifs is 3. The summed E-state index contributed by atoms with van der Waals surface area (Å²) in [5, 5.41) is 4.01. The number of Topliss-reactive ketones (excluding diaryl/α,β-unsaturated/α-hetero) is 1. The van der Waals surface area contributed by atoms with Gasteiger partial charge >= 0.3 is 0 Å². The quantitative estimate of drug-likeness (QED) is 0.330. The molecule has 0 fully saturated rings. The molecule has 0 aliphatic rings. The number of ether oxygens (including phenoxy) is 1. The number of amides is 1. The van der Waals surface area contributed by atoms with Gasteiger partial charge in [0, 0.05) is 17.5 Å². The Morgan fingerprint density at radius 3 is 2.29 bits per heavy atom. The van der Waals surface area contributed by atoms with E-state index in [0.717, 1.165) is 10.9 Å². The van der Waals surface area contributed by atoms with Crippen molar-refractivity contribution in [2.45, 2.75) is 13.1 Å². The van der Waals surface area contributed by atoms with Crippen LogP contribution in [0.4, 0.5) is 0 Å². The number of hydrogen-bond donors (Lipinski definition) is 1. The van der Waals surface area contributed by atoms with Gasteiger partial charge in [-0.3, -0.25) is 19.0 Å². The molecule has 0 radical (unpaired) electrons. The van der Waals surface area contributed by atoms with Gasteiger partial charge in [-0.1, -0.05) is 78.9 Å². The van der Waals surface area contributed by atoms with Gasteiger partial charge in [0.2, 0.25) is 0 Å². The number of nitrogens with zero attached hydrogens (tertiary/aromatic N) is 1. The van der Waals surface area contributed by atoms with Crippen molar-refractivity contribution in [1.29, 1.82) is 0 Å². The molecule has 5 rings (SSSR count). The van der Waals surface area contributed by atoms with Gasteiger partial charge < -0.3 is 10.1 Å². The molecule has 0 atom stereocenters. The highest BCUT2D eigenvalue weighted by atomic mass is 32.1. The Labute approximate surface area is 205 Å². The van der Waals surface area contributed by atoms with E-state index >= 15 is 0 Å². The van der Waals surface area contributed by atoms with E-state index in [0.29, 0.717) is 32.6 Å². The molecule has 7 heteroatoms. The van der Waals surface area contributed by atoms with Gasteiger partial charge in [-0.2, -0.15) is 0 Å². The second-order valence-corrected chi connectivity index (χ2v) is 9.06. The van der Waals surface area contributed by atoms with Crippen molar-refractivity contribution in [3.05, 3.63) is 111 Å². The fourth-order valence-corrected chi connectivity index (χ4v) is 5.38. The molecule has 0 unspecified atom stereocenters. The zero-order valence-electron chi connectivity index (χ0n) is 19.0. The molecule has 174 valence electrons. The SMILES string of the molecule is COc1c(C(=O)NCc2ccccc2)sc2c1c(=O)n(CC(=O)c1ccccc1)c1ccccc21. The molecule has 1 amide bonds. The summed E-state index contributed by atoms with van der Waals surface area (Å²) < 4.78 is 7.73. The summed E-state index contributed by atoms with van der Waals surface area (Å²) in [6, 6.07) is 25.9. The van der Waals surface area contributed by atoms with Gasteiger partial charge in [0.05, 0.1) is 23.9 Å². The molecule has 35 heavy (non-hydrogen) atoms. The Kier molecular flexibility index (Phi) is 6.16. The number of rotatable bonds is 7. The first-order valence-electron chi connectivity index (χ1n) is 11.1. The summed E-state index contributed by atoms with van der Waals surface area (Å²) in [7, 11) is 1.45. The first-order valence-corrected chi connectivity index (χ1v) is 11.9. The summed E-state index contributed by atoms with van der Waals surface area (Å²) in [6.07, 6.45) is 0. The van der Waals surface area contributed by atoms with Crippen molar-refractivity contribution in [1.82, 2.24) is 9.88 Å². The maximum Gasteiger partial charge on any atom is 0.265 e. The minimum Gasteiger partial charge on any atom is -0.494 e. The van der Waals surface area contributed by atoms with Crippen LogP contribution in [0.2, 0.25) is 0 Å². The smallest absolute Gasteiger partial charge is 0.265 e. The highest BCUT2D eigenvalue weighted by Gasteiger charge is 2.25. The zero-order valence-corrected chi connectivity index (χ0v) is 19.8. The third-order valence-electron chi connectivity index (χ3n) is 5.87. The molecule has 1 N–H and O–H groups in total. The second kappa shape index (κ2) is 9.56. The first-order chi connectivity index (χ1) is 17.1. The lowest BCUT2D eigenvalue weighted by Gasteiger charge is -2.11. The van der Waals surface area contributed by atoms with Crippen LogP contribution in [-0.2, 0) is 13.1 Å². The van der Waals surface area contributed by atoms with E-state index in [1.807, 2.05) is 60.7 Å². The Morgan fingerprint density at radius 2 is 1.57 bits per heavy atom. The summed E-state index contributed by atoms with van der Waals surface area (Å²) >= 11 is 1.22. The normalized spacial score (nSPS) is 11.0. The number of benzene rings is 3. The molecule has 6 nitrogen and oxygen atoms in total. The molecule has 0 saturated heterocycles. The zero-order chi connectivity index (χ0) is 24.4. The lowest BCUT2D eigenvalue weighted by Crippen LogP contribution is -2.25. The van der Waals surface area contributed by atoms with E-state index in [4.69, 9.17) is 4.74 Å². The Bertz CT molecular complexity index is 1600. The topological polar surface area (TPSA) is 77.4 Å². The van der Waals surface area contributed by atoms with Crippen LogP contribution in [0.25, 0.3) is 21.0 Å². The van der Waals surface area contributed by atoms with Crippen LogP contribution in [0.3, 0.4) is 0 Å². The number of aromatic nitrogens is 1. The number of pyridine rings is 1. The molecule has 5 aromatic rings. The lowest BCUT2D eigenvalue weighted by atomic mass is 10.1. The Hall–Kier alpha value is -4.23. The van der Waals surface area contributed by atoms with E-state index in [1.165, 1.54) is 23.0 Å². The molecular weight excluding hydrogens is 460 g/mol. The number of para-hydroxylation sites is 1. The highest BCUT2D eigenvalue weighted by Crippen LogP contribution is 2.39. The van der Waals surface area contributed by atoms with E-state index in [1.54, 1.807) is 24.3 Å². The van der Waals surface area contributed by atoms with Crippen LogP contribution in [0.5, 0.6) is 5.75 Å². The third-order valence-corrected chi connectivity index (χ3v) is 7.07. The van der Waals surface area contributed by atoms with E-state index in [2.05, 4.69) is 5.32 Å². The fourth-order valence-electron chi connectivity index (χ4n) is 4.16. The summed E-state index contributed by atoms with van der Waals surface area (Å²) in [4.78, 5) is 40.1. The van der Waals surface area contributed by atoms with Crippen molar-refractivity contribution in [3.8, 4) is 5.75 Å². The van der Waals surface area contributed by atoms with Crippen molar-refractivity contribution in [3.63, 3.8) is 0 Å². The maximum absolute atomic E-state index is 13.7. The monoisotopic (exact) mass is 482 g/mol. The molecule has 2 heterocycles. The fraction of sp³-hybridized carbons (Fsp3) is 0.107. The summed E-state index contributed by atoms with van der Waals surface area (Å²) in [5.41, 5.74) is 1.77. The minimum atomic E-state index is -0.363. The van der Waals surface area contributed by atoms with Crippen LogP contribution in [0.1, 0.15) is 25.6 Å². The molecule has 0 spiro atoms. The molecular formula is C28H22N2O4S. The number of nitrogens with one attached hydrogen (secondary N) is 1. The van der Waals surface area contributed by atoms with Crippen LogP contribution in [-0.4, -0.2) is 23.4 Å². The van der Waals surface area contributed by atoms with Crippen LogP contribution in [0.15, 0.2) is 89.7 Å². The number of ketones is 1. The summed E-state index contributed by atoms with van der Waals surface area (Å²) in [6.45, 7) is 0.238. The number of carbonyl (C=O) groups is 2. The van der Waals surface area contributed by atoms with Crippen LogP contribution in [0, 0.1) is 0 Å². The molecule has 2 aromatic heterocycles. The van der Waals surface area contributed by atoms with Gasteiger partial charge in [-0.05, 0) is 11.6 Å². The predicted octanol–water partition coefficient (Wildman–Crippen LogP) is 5.04. The van der Waals surface area contributed by atoms with E-state index < -0.39 is 0 Å². The average Bonchev–Trinajstić information content (AvgIpc) is 3.31. The lowest BCUT2D eigenvalue weighted by molar-refractivity contribution is 0.0949. The number of methoxy groups -OCH3 is 1. The van der Waals surface area contributed by atoms with Crippen molar-refractivity contribution < 1.29 is 14.3 Å². The van der Waals surface area contributed by atoms with Crippen molar-refractivity contribution in [2.24, 2.45) is 0 Å². The highest BCUT2D eigenvalue weighted by molar-refractivity contribution is 7.22. The number of carbonyl (C=O) groups excluding carboxylic acids is 2. The van der Waals surface area contributed by atoms with Crippen molar-refractivity contribution in [2.75, 3.05) is 7.11 Å². The third kappa shape index (κ3) is 4.22. The average molecular weight is 483 g/mol. The first kappa shape index (κ1) is 22.6. The Balaban J connectivity index is 1.62. The number of thiophene rings is 1. The molecule has 0 aliphatic carbocycles. The van der Waals surface area contributed by atoms with Gasteiger partial charge in [0.1, 0.15) is 10.3 Å². The molecule has 3 aromatic carbocycles. The second-order valence-electron chi connectivity index (χ2n) is 8.03. The predicted molar refractivity (Wildman–Crippen MR) is 139 cm³/mol. The largest absolute Gasteiger partial charge is 0.494 e. The van der Waals surface area contributed by atoms with E-state index in [-0.39, 0.29) is 29.5 Å². The minimum absolute atomic E-state index is 0.117. The maximum atomic E-state index is 13.7. The van der Waals surface area contributed by atoms with Gasteiger partial charge in [-0.15, -0.1) is 11.3 Å². The number of hydrogen-bond acceptors (Lipinski definition) is 5. The Morgan fingerprint density at radius 1 is 0.914 bits per heavy atom. The molecule has 0 saturated carbocycles. The van der Waals surface area contributed by atoms with Crippen molar-refractivity contribution >= 4 is 44.0 Å². The standard InChI is InChI=1S/C28H22N2O4S/c1-34-24-23-25(35-26(24)27(32)29-16-18-10-4-2-5-11-18)20-14-8-9-15-21(20)30(28(23)33)17-22(31)19-12-6-3-7-13-19/h2-15H,16-17H2,1H3,(H,29,32). The van der Waals surface area contributed by atoms with Gasteiger partial charge in [0.25, 0.3) is 11.5 Å². The van der Waals surface area contributed by atoms with Gasteiger partial charge in [-0.25, -0.2) is 0 Å². The molecule has 0 bridgehead atoms. The van der Waals surface area contributed by atoms with Crippen LogP contribution < -0.4 is 15.6 Å². The van der Waals surface area contributed by atoms with Crippen LogP contribution >= 0.6 is 11.3 Å². The van der Waals surface area contributed by atoms with Gasteiger partial charge in [0.15, 0.2) is 11.5 Å². The van der Waals surface area contributed by atoms with E-state index in [9.17, 15) is 14.4 Å².